The summed E-state index contributed by atoms with van der Waals surface area (Å²) in [6, 6.07) is 4.53. The average Bonchev–Trinajstić information content (AvgIpc) is 3.07. The van der Waals surface area contributed by atoms with Crippen molar-refractivity contribution < 1.29 is 22.7 Å². The summed E-state index contributed by atoms with van der Waals surface area (Å²) in [5, 5.41) is 12.6. The highest BCUT2D eigenvalue weighted by molar-refractivity contribution is 7.92. The molecule has 1 aliphatic rings. The zero-order valence-electron chi connectivity index (χ0n) is 17.8. The minimum absolute atomic E-state index is 0.0329. The molecule has 0 amide bonds. The van der Waals surface area contributed by atoms with Gasteiger partial charge in [0.2, 0.25) is 5.95 Å². The average molecular weight is 449 g/mol. The van der Waals surface area contributed by atoms with Crippen LogP contribution in [0.3, 0.4) is 0 Å². The van der Waals surface area contributed by atoms with Crippen molar-refractivity contribution in [2.24, 2.45) is 0 Å². The zero-order valence-corrected chi connectivity index (χ0v) is 18.6. The highest BCUT2D eigenvalue weighted by Gasteiger charge is 2.34. The van der Waals surface area contributed by atoms with Crippen LogP contribution in [0.2, 0.25) is 0 Å². The number of anilines is 1. The lowest BCUT2D eigenvalue weighted by molar-refractivity contribution is 0.0835. The third-order valence-electron chi connectivity index (χ3n) is 5.45. The smallest absolute Gasteiger partial charge is 0.215 e. The van der Waals surface area contributed by atoms with Crippen LogP contribution in [0.15, 0.2) is 35.5 Å². The van der Waals surface area contributed by atoms with Crippen molar-refractivity contribution in [2.75, 3.05) is 12.4 Å². The fourth-order valence-electron chi connectivity index (χ4n) is 3.53. The van der Waals surface area contributed by atoms with Gasteiger partial charge >= 0.3 is 0 Å². The molecule has 1 fully saturated rings. The fraction of sp³-hybridized carbons (Fsp3) is 0.429. The van der Waals surface area contributed by atoms with Crippen LogP contribution in [-0.4, -0.2) is 51.9 Å². The first-order chi connectivity index (χ1) is 14.5. The van der Waals surface area contributed by atoms with E-state index < -0.39 is 20.5 Å². The van der Waals surface area contributed by atoms with Gasteiger partial charge in [0.05, 0.1) is 29.9 Å². The van der Waals surface area contributed by atoms with Gasteiger partial charge in [0.15, 0.2) is 9.84 Å². The van der Waals surface area contributed by atoms with Crippen LogP contribution >= 0.6 is 0 Å². The summed E-state index contributed by atoms with van der Waals surface area (Å²) >= 11 is 0. The van der Waals surface area contributed by atoms with Crippen LogP contribution < -0.4 is 10.1 Å². The van der Waals surface area contributed by atoms with Gasteiger partial charge in [-0.1, -0.05) is 0 Å². The molecule has 3 heterocycles. The Morgan fingerprint density at radius 1 is 1.26 bits per heavy atom. The quantitative estimate of drug-likeness (QED) is 0.578. The Kier molecular flexibility index (Phi) is 5.17. The van der Waals surface area contributed by atoms with Gasteiger partial charge in [-0.2, -0.15) is 4.39 Å². The Hall–Kier alpha value is -2.72. The van der Waals surface area contributed by atoms with E-state index in [0.717, 1.165) is 0 Å². The van der Waals surface area contributed by atoms with E-state index in [1.165, 1.54) is 19.4 Å². The number of fused-ring (bicyclic) bond motifs is 1. The van der Waals surface area contributed by atoms with E-state index in [1.54, 1.807) is 43.5 Å². The maximum absolute atomic E-state index is 14.3. The summed E-state index contributed by atoms with van der Waals surface area (Å²) in [7, 11) is -2.31. The Balaban J connectivity index is 1.82. The summed E-state index contributed by atoms with van der Waals surface area (Å²) in [6.07, 6.45) is 3.83. The number of ether oxygens (including phenoxy) is 1. The van der Waals surface area contributed by atoms with E-state index in [1.807, 2.05) is 0 Å². The molecule has 0 aliphatic heterocycles. The first-order valence-corrected chi connectivity index (χ1v) is 11.4. The monoisotopic (exact) mass is 448 g/mol. The Morgan fingerprint density at radius 3 is 2.58 bits per heavy atom. The predicted octanol–water partition coefficient (Wildman–Crippen LogP) is 3.05. The number of hydrogen-bond acceptors (Lipinski definition) is 7. The second kappa shape index (κ2) is 7.45. The molecule has 1 saturated carbocycles. The molecule has 166 valence electrons. The number of nitrogens with zero attached hydrogens (tertiary/aromatic N) is 3. The van der Waals surface area contributed by atoms with E-state index in [2.05, 4.69) is 15.3 Å². The van der Waals surface area contributed by atoms with Gasteiger partial charge in [0, 0.05) is 29.9 Å². The summed E-state index contributed by atoms with van der Waals surface area (Å²) in [5.41, 5.74) is 1.47. The van der Waals surface area contributed by atoms with E-state index in [-0.39, 0.29) is 22.8 Å². The van der Waals surface area contributed by atoms with E-state index in [9.17, 15) is 17.9 Å². The molecule has 0 aromatic carbocycles. The molecule has 1 aliphatic carbocycles. The molecule has 3 aromatic rings. The second-order valence-electron chi connectivity index (χ2n) is 8.72. The Morgan fingerprint density at radius 2 is 1.97 bits per heavy atom. The van der Waals surface area contributed by atoms with Crippen LogP contribution in [-0.2, 0) is 9.84 Å². The van der Waals surface area contributed by atoms with Gasteiger partial charge in [0.1, 0.15) is 22.1 Å². The van der Waals surface area contributed by atoms with E-state index in [4.69, 9.17) is 4.74 Å². The van der Waals surface area contributed by atoms with Gasteiger partial charge in [-0.3, -0.25) is 4.40 Å². The minimum Gasteiger partial charge on any atom is -0.495 e. The van der Waals surface area contributed by atoms with E-state index in [0.29, 0.717) is 35.6 Å². The van der Waals surface area contributed by atoms with Crippen LogP contribution in [0.5, 0.6) is 5.75 Å². The molecule has 4 rings (SSSR count). The number of aliphatic hydroxyl groups excluding tert-OH is 1. The lowest BCUT2D eigenvalue weighted by atomic mass is 9.89. The van der Waals surface area contributed by atoms with Crippen molar-refractivity contribution in [3.8, 4) is 17.0 Å². The molecule has 0 saturated heterocycles. The van der Waals surface area contributed by atoms with Crippen LogP contribution in [0.25, 0.3) is 16.9 Å². The third-order valence-corrected chi connectivity index (χ3v) is 7.94. The molecule has 31 heavy (non-hydrogen) atoms. The highest BCUT2D eigenvalue weighted by Crippen LogP contribution is 2.35. The molecule has 2 N–H and O–H groups in total. The molecule has 8 nitrogen and oxygen atoms in total. The number of methoxy groups -OCH3 is 1. The third kappa shape index (κ3) is 3.85. The number of halogens is 1. The number of hydrogen-bond donors (Lipinski definition) is 2. The van der Waals surface area contributed by atoms with Crippen molar-refractivity contribution >= 4 is 21.3 Å². The number of pyridine rings is 2. The lowest BCUT2D eigenvalue weighted by Crippen LogP contribution is -2.39. The normalized spacial score (nSPS) is 19.3. The van der Waals surface area contributed by atoms with Gasteiger partial charge < -0.3 is 15.2 Å². The maximum atomic E-state index is 14.3. The second-order valence-corrected chi connectivity index (χ2v) is 11.4. The largest absolute Gasteiger partial charge is 0.495 e. The number of sulfone groups is 1. The number of rotatable bonds is 5. The minimum atomic E-state index is -3.72. The van der Waals surface area contributed by atoms with Crippen LogP contribution in [0, 0.1) is 5.95 Å². The fourth-order valence-corrected chi connectivity index (χ4v) is 4.84. The molecule has 0 radical (unpaired) electrons. The van der Waals surface area contributed by atoms with Crippen molar-refractivity contribution in [3.63, 3.8) is 0 Å². The summed E-state index contributed by atoms with van der Waals surface area (Å²) < 4.78 is 46.4. The Labute approximate surface area is 180 Å². The topological polar surface area (TPSA) is 106 Å². The zero-order chi connectivity index (χ0) is 22.6. The lowest BCUT2D eigenvalue weighted by Gasteiger charge is -2.32. The highest BCUT2D eigenvalue weighted by atomic mass is 32.2. The summed E-state index contributed by atoms with van der Waals surface area (Å²) in [5.74, 6) is -0.129. The molecule has 0 bridgehead atoms. The van der Waals surface area contributed by atoms with Crippen molar-refractivity contribution in [1.29, 1.82) is 0 Å². The SMILES string of the molecule is COc1cc2ncc(-c3cc(F)nc(NC4CC(O)C4)c3)n2cc1S(=O)(=O)C(C)(C)C. The van der Waals surface area contributed by atoms with Crippen LogP contribution in [0.4, 0.5) is 10.2 Å². The molecule has 0 atom stereocenters. The van der Waals surface area contributed by atoms with Gasteiger partial charge in [0.25, 0.3) is 0 Å². The van der Waals surface area contributed by atoms with Crippen molar-refractivity contribution in [3.05, 3.63) is 36.5 Å². The van der Waals surface area contributed by atoms with Gasteiger partial charge in [-0.25, -0.2) is 18.4 Å². The first-order valence-electron chi connectivity index (χ1n) is 9.92. The maximum Gasteiger partial charge on any atom is 0.215 e. The number of nitrogens with one attached hydrogen (secondary N) is 1. The standard InChI is InChI=1S/C21H25FN4O4S/c1-21(2,3)31(28,29)17-11-26-15(10-23-20(26)9-16(17)30-4)12-5-18(22)25-19(6-12)24-13-7-14(27)8-13/h5-6,9-11,13-14,27H,7-8H2,1-4H3,(H,24,25). The molecular formula is C21H25FN4O4S. The molecule has 10 heteroatoms. The van der Waals surface area contributed by atoms with Gasteiger partial charge in [-0.15, -0.1) is 0 Å². The number of aliphatic hydroxyl groups is 1. The van der Waals surface area contributed by atoms with Crippen molar-refractivity contribution in [2.45, 2.75) is 55.4 Å². The first kappa shape index (κ1) is 21.5. The molecule has 0 unspecified atom stereocenters. The number of imidazole rings is 1. The Bertz CT molecular complexity index is 1240. The molecule has 0 spiro atoms. The van der Waals surface area contributed by atoms with Crippen molar-refractivity contribution in [1.82, 2.24) is 14.4 Å². The van der Waals surface area contributed by atoms with Gasteiger partial charge in [-0.05, 0) is 39.7 Å². The summed E-state index contributed by atoms with van der Waals surface area (Å²) in [6.45, 7) is 4.86. The number of aromatic nitrogens is 3. The van der Waals surface area contributed by atoms with Crippen LogP contribution in [0.1, 0.15) is 33.6 Å². The summed E-state index contributed by atoms with van der Waals surface area (Å²) in [4.78, 5) is 8.25. The predicted molar refractivity (Wildman–Crippen MR) is 115 cm³/mol. The van der Waals surface area contributed by atoms with E-state index >= 15 is 0 Å². The molecular weight excluding hydrogens is 423 g/mol. The molecule has 3 aromatic heterocycles.